The van der Waals surface area contributed by atoms with E-state index in [0.717, 1.165) is 38.2 Å². The second-order valence-corrected chi connectivity index (χ2v) is 4.92. The van der Waals surface area contributed by atoms with Crippen molar-refractivity contribution in [2.45, 2.75) is 32.7 Å². The van der Waals surface area contributed by atoms with E-state index in [0.29, 0.717) is 10.0 Å². The number of benzene rings is 1. The van der Waals surface area contributed by atoms with Crippen LogP contribution in [0.3, 0.4) is 0 Å². The summed E-state index contributed by atoms with van der Waals surface area (Å²) in [7, 11) is 0. The van der Waals surface area contributed by atoms with Crippen LogP contribution < -0.4 is 5.32 Å². The van der Waals surface area contributed by atoms with Gasteiger partial charge in [-0.15, -0.1) is 0 Å². The highest BCUT2D eigenvalue weighted by molar-refractivity contribution is 6.42. The number of ether oxygens (including phenoxy) is 1. The van der Waals surface area contributed by atoms with E-state index in [-0.39, 0.29) is 6.04 Å². The molecule has 0 aromatic heterocycles. The zero-order valence-corrected chi connectivity index (χ0v) is 12.5. The maximum absolute atomic E-state index is 6.27. The van der Waals surface area contributed by atoms with Gasteiger partial charge in [-0.05, 0) is 37.9 Å². The Balaban J connectivity index is 2.76. The Bertz CT molecular complexity index is 358. The van der Waals surface area contributed by atoms with Crippen molar-refractivity contribution < 1.29 is 4.74 Å². The van der Waals surface area contributed by atoms with Gasteiger partial charge in [-0.25, -0.2) is 0 Å². The zero-order valence-electron chi connectivity index (χ0n) is 11.0. The lowest BCUT2D eigenvalue weighted by molar-refractivity contribution is 0.136. The van der Waals surface area contributed by atoms with Crippen LogP contribution in [0.5, 0.6) is 0 Å². The van der Waals surface area contributed by atoms with Gasteiger partial charge in [0.2, 0.25) is 0 Å². The molecule has 18 heavy (non-hydrogen) atoms. The minimum absolute atomic E-state index is 0.197. The van der Waals surface area contributed by atoms with Gasteiger partial charge in [-0.2, -0.15) is 0 Å². The van der Waals surface area contributed by atoms with Crippen LogP contribution in [-0.4, -0.2) is 19.8 Å². The first-order valence-corrected chi connectivity index (χ1v) is 7.21. The molecule has 2 nitrogen and oxygen atoms in total. The second kappa shape index (κ2) is 8.76. The van der Waals surface area contributed by atoms with Crippen molar-refractivity contribution in [2.24, 2.45) is 0 Å². The van der Waals surface area contributed by atoms with E-state index in [1.165, 1.54) is 0 Å². The summed E-state index contributed by atoms with van der Waals surface area (Å²) in [6.45, 7) is 6.57. The van der Waals surface area contributed by atoms with Gasteiger partial charge in [0.15, 0.2) is 0 Å². The van der Waals surface area contributed by atoms with E-state index in [9.17, 15) is 0 Å². The van der Waals surface area contributed by atoms with Crippen LogP contribution >= 0.6 is 23.2 Å². The average molecular weight is 290 g/mol. The molecule has 102 valence electrons. The van der Waals surface area contributed by atoms with E-state index in [1.807, 2.05) is 25.1 Å². The number of hydrogen-bond acceptors (Lipinski definition) is 2. The van der Waals surface area contributed by atoms with Gasteiger partial charge >= 0.3 is 0 Å². The van der Waals surface area contributed by atoms with Gasteiger partial charge in [-0.1, -0.05) is 42.3 Å². The monoisotopic (exact) mass is 289 g/mol. The minimum Gasteiger partial charge on any atom is -0.382 e. The molecule has 0 fully saturated rings. The zero-order chi connectivity index (χ0) is 13.4. The Morgan fingerprint density at radius 1 is 1.28 bits per heavy atom. The summed E-state index contributed by atoms with van der Waals surface area (Å²) < 4.78 is 5.42. The molecule has 1 aromatic carbocycles. The Morgan fingerprint density at radius 3 is 2.72 bits per heavy atom. The highest BCUT2D eigenvalue weighted by Crippen LogP contribution is 2.31. The van der Waals surface area contributed by atoms with Crippen molar-refractivity contribution in [3.63, 3.8) is 0 Å². The average Bonchev–Trinajstić information content (AvgIpc) is 2.37. The maximum atomic E-state index is 6.27. The fraction of sp³-hybridized carbons (Fsp3) is 0.571. The molecule has 1 unspecified atom stereocenters. The molecular weight excluding hydrogens is 269 g/mol. The molecule has 0 bridgehead atoms. The molecule has 0 saturated carbocycles. The minimum atomic E-state index is 0.197. The summed E-state index contributed by atoms with van der Waals surface area (Å²) in [5.41, 5.74) is 1.05. The molecule has 4 heteroatoms. The summed E-state index contributed by atoms with van der Waals surface area (Å²) in [6.07, 6.45) is 1.98. The third kappa shape index (κ3) is 4.77. The summed E-state index contributed by atoms with van der Waals surface area (Å²) in [4.78, 5) is 0. The lowest BCUT2D eigenvalue weighted by Gasteiger charge is -2.20. The van der Waals surface area contributed by atoms with Gasteiger partial charge in [0.05, 0.1) is 10.0 Å². The standard InChI is InChI=1S/C14H21Cl2NO/c1-3-9-17-13(8-10-18-4-2)11-6-5-7-12(15)14(11)16/h5-7,13,17H,3-4,8-10H2,1-2H3. The molecule has 0 heterocycles. The van der Waals surface area contributed by atoms with Gasteiger partial charge in [0.1, 0.15) is 0 Å². The molecule has 0 amide bonds. The molecule has 0 aliphatic carbocycles. The van der Waals surface area contributed by atoms with Crippen LogP contribution in [0.4, 0.5) is 0 Å². The second-order valence-electron chi connectivity index (χ2n) is 4.14. The third-order valence-electron chi connectivity index (χ3n) is 2.75. The Kier molecular flexibility index (Phi) is 7.68. The predicted octanol–water partition coefficient (Wildman–Crippen LogP) is 4.46. The van der Waals surface area contributed by atoms with Crippen molar-refractivity contribution in [2.75, 3.05) is 19.8 Å². The predicted molar refractivity (Wildman–Crippen MR) is 78.6 cm³/mol. The van der Waals surface area contributed by atoms with E-state index in [1.54, 1.807) is 0 Å². The Hall–Kier alpha value is -0.280. The molecule has 0 aliphatic rings. The third-order valence-corrected chi connectivity index (χ3v) is 3.59. The van der Waals surface area contributed by atoms with Gasteiger partial charge in [0.25, 0.3) is 0 Å². The van der Waals surface area contributed by atoms with Crippen LogP contribution in [0, 0.1) is 0 Å². The van der Waals surface area contributed by atoms with Crippen LogP contribution in [0.25, 0.3) is 0 Å². The van der Waals surface area contributed by atoms with Crippen LogP contribution in [0.1, 0.15) is 38.3 Å². The first-order valence-electron chi connectivity index (χ1n) is 6.45. The van der Waals surface area contributed by atoms with Crippen molar-refractivity contribution in [1.29, 1.82) is 0 Å². The number of hydrogen-bond donors (Lipinski definition) is 1. The lowest BCUT2D eigenvalue weighted by Crippen LogP contribution is -2.24. The summed E-state index contributed by atoms with van der Waals surface area (Å²) in [5.74, 6) is 0. The van der Waals surface area contributed by atoms with Crippen molar-refractivity contribution >= 4 is 23.2 Å². The Morgan fingerprint density at radius 2 is 2.06 bits per heavy atom. The largest absolute Gasteiger partial charge is 0.382 e. The topological polar surface area (TPSA) is 21.3 Å². The SMILES string of the molecule is CCCNC(CCOCC)c1cccc(Cl)c1Cl. The van der Waals surface area contributed by atoms with E-state index < -0.39 is 0 Å². The van der Waals surface area contributed by atoms with Crippen LogP contribution in [-0.2, 0) is 4.74 Å². The summed E-state index contributed by atoms with van der Waals surface area (Å²) in [6, 6.07) is 5.97. The highest BCUT2D eigenvalue weighted by Gasteiger charge is 2.15. The molecule has 1 atom stereocenters. The molecule has 1 rings (SSSR count). The highest BCUT2D eigenvalue weighted by atomic mass is 35.5. The van der Waals surface area contributed by atoms with Crippen molar-refractivity contribution in [3.8, 4) is 0 Å². The fourth-order valence-electron chi connectivity index (χ4n) is 1.82. The smallest absolute Gasteiger partial charge is 0.0640 e. The lowest BCUT2D eigenvalue weighted by atomic mass is 10.0. The fourth-order valence-corrected chi connectivity index (χ4v) is 2.26. The number of nitrogens with one attached hydrogen (secondary N) is 1. The first kappa shape index (κ1) is 15.8. The number of rotatable bonds is 8. The van der Waals surface area contributed by atoms with E-state index >= 15 is 0 Å². The van der Waals surface area contributed by atoms with Crippen LogP contribution in [0.2, 0.25) is 10.0 Å². The normalized spacial score (nSPS) is 12.7. The van der Waals surface area contributed by atoms with Crippen molar-refractivity contribution in [3.05, 3.63) is 33.8 Å². The molecule has 1 aromatic rings. The Labute approximate surface area is 120 Å². The van der Waals surface area contributed by atoms with Gasteiger partial charge in [-0.3, -0.25) is 0 Å². The van der Waals surface area contributed by atoms with Crippen LogP contribution in [0.15, 0.2) is 18.2 Å². The van der Waals surface area contributed by atoms with Crippen molar-refractivity contribution in [1.82, 2.24) is 5.32 Å². The van der Waals surface area contributed by atoms with E-state index in [4.69, 9.17) is 27.9 Å². The summed E-state index contributed by atoms with van der Waals surface area (Å²) >= 11 is 12.3. The van der Waals surface area contributed by atoms with E-state index in [2.05, 4.69) is 12.2 Å². The molecule has 1 N–H and O–H groups in total. The van der Waals surface area contributed by atoms with Gasteiger partial charge < -0.3 is 10.1 Å². The quantitative estimate of drug-likeness (QED) is 0.714. The maximum Gasteiger partial charge on any atom is 0.0640 e. The molecule has 0 radical (unpaired) electrons. The molecule has 0 aliphatic heterocycles. The molecule has 0 spiro atoms. The molecular formula is C14H21Cl2NO. The summed E-state index contributed by atoms with van der Waals surface area (Å²) in [5, 5.41) is 4.74. The first-order chi connectivity index (χ1) is 8.70. The number of halogens is 2. The molecule has 0 saturated heterocycles. The van der Waals surface area contributed by atoms with Gasteiger partial charge in [0, 0.05) is 19.3 Å².